The highest BCUT2D eigenvalue weighted by Gasteiger charge is 2.25. The fourth-order valence-corrected chi connectivity index (χ4v) is 2.60. The molecule has 0 radical (unpaired) electrons. The first-order chi connectivity index (χ1) is 9.23. The van der Waals surface area contributed by atoms with Crippen LogP contribution < -0.4 is 5.32 Å². The third kappa shape index (κ3) is 3.99. The molecule has 0 saturated heterocycles. The Morgan fingerprint density at radius 3 is 2.05 bits per heavy atom. The molecule has 0 aliphatic heterocycles. The number of benzene rings is 1. The molecule has 1 amide bonds. The minimum absolute atomic E-state index is 0.148. The van der Waals surface area contributed by atoms with Crippen molar-refractivity contribution in [1.29, 1.82) is 0 Å². The van der Waals surface area contributed by atoms with Crippen molar-refractivity contribution in [3.05, 3.63) is 29.3 Å². The van der Waals surface area contributed by atoms with Crippen molar-refractivity contribution in [2.75, 3.05) is 5.32 Å². The summed E-state index contributed by atoms with van der Waals surface area (Å²) in [7, 11) is 0. The van der Waals surface area contributed by atoms with Crippen LogP contribution in [0.15, 0.2) is 18.2 Å². The van der Waals surface area contributed by atoms with E-state index >= 15 is 0 Å². The van der Waals surface area contributed by atoms with Crippen LogP contribution in [0.25, 0.3) is 0 Å². The molecule has 3 heteroatoms. The van der Waals surface area contributed by atoms with E-state index in [2.05, 4.69) is 59.0 Å². The summed E-state index contributed by atoms with van der Waals surface area (Å²) in [4.78, 5) is 14.5. The molecule has 0 aliphatic rings. The normalized spacial score (nSPS) is 12.7. The van der Waals surface area contributed by atoms with Gasteiger partial charge in [-0.1, -0.05) is 17.7 Å². The first kappa shape index (κ1) is 16.5. The van der Waals surface area contributed by atoms with Gasteiger partial charge in [0.2, 0.25) is 5.91 Å². The topological polar surface area (TPSA) is 32.3 Å². The van der Waals surface area contributed by atoms with E-state index in [9.17, 15) is 4.79 Å². The molecule has 112 valence electrons. The maximum atomic E-state index is 12.6. The molecule has 1 aromatic carbocycles. The quantitative estimate of drug-likeness (QED) is 0.888. The van der Waals surface area contributed by atoms with Crippen molar-refractivity contribution in [1.82, 2.24) is 4.90 Å². The highest BCUT2D eigenvalue weighted by molar-refractivity contribution is 5.85. The second kappa shape index (κ2) is 6.78. The Kier molecular flexibility index (Phi) is 5.61. The maximum Gasteiger partial charge on any atom is 0.245 e. The Labute approximate surface area is 123 Å². The highest BCUT2D eigenvalue weighted by Crippen LogP contribution is 2.18. The Bertz CT molecular complexity index is 458. The number of rotatable bonds is 5. The van der Waals surface area contributed by atoms with Gasteiger partial charge in [-0.15, -0.1) is 0 Å². The molecule has 1 unspecified atom stereocenters. The van der Waals surface area contributed by atoms with Gasteiger partial charge in [-0.2, -0.15) is 0 Å². The van der Waals surface area contributed by atoms with E-state index in [0.717, 1.165) is 5.69 Å². The van der Waals surface area contributed by atoms with Gasteiger partial charge in [-0.3, -0.25) is 4.79 Å². The van der Waals surface area contributed by atoms with E-state index in [4.69, 9.17) is 0 Å². The summed E-state index contributed by atoms with van der Waals surface area (Å²) >= 11 is 0. The van der Waals surface area contributed by atoms with Crippen LogP contribution in [0.4, 0.5) is 5.69 Å². The predicted octanol–water partition coefficient (Wildman–Crippen LogP) is 3.75. The molecule has 3 nitrogen and oxygen atoms in total. The van der Waals surface area contributed by atoms with Crippen LogP contribution in [-0.4, -0.2) is 28.9 Å². The number of aryl methyl sites for hydroxylation is 2. The smallest absolute Gasteiger partial charge is 0.245 e. The SMILES string of the molecule is Cc1ccc(NC(C)C(=O)N(C(C)C)C(C)C)c(C)c1. The van der Waals surface area contributed by atoms with E-state index < -0.39 is 0 Å². The zero-order valence-electron chi connectivity index (χ0n) is 13.8. The van der Waals surface area contributed by atoms with Crippen LogP contribution >= 0.6 is 0 Å². The molecule has 0 aliphatic carbocycles. The van der Waals surface area contributed by atoms with Crippen LogP contribution in [0.5, 0.6) is 0 Å². The number of carbonyl (C=O) groups excluding carboxylic acids is 1. The van der Waals surface area contributed by atoms with Gasteiger partial charge in [0.15, 0.2) is 0 Å². The average Bonchev–Trinajstić information content (AvgIpc) is 2.31. The Morgan fingerprint density at radius 1 is 1.05 bits per heavy atom. The monoisotopic (exact) mass is 276 g/mol. The van der Waals surface area contributed by atoms with Crippen molar-refractivity contribution in [2.45, 2.75) is 66.6 Å². The molecule has 1 N–H and O–H groups in total. The molecule has 1 aromatic rings. The van der Waals surface area contributed by atoms with Gasteiger partial charge < -0.3 is 10.2 Å². The lowest BCUT2D eigenvalue weighted by molar-refractivity contribution is -0.135. The van der Waals surface area contributed by atoms with Crippen LogP contribution in [0, 0.1) is 13.8 Å². The Hall–Kier alpha value is -1.51. The van der Waals surface area contributed by atoms with Crippen LogP contribution in [0.1, 0.15) is 45.7 Å². The summed E-state index contributed by atoms with van der Waals surface area (Å²) in [5, 5.41) is 3.34. The van der Waals surface area contributed by atoms with Crippen molar-refractivity contribution in [3.8, 4) is 0 Å². The summed E-state index contributed by atoms with van der Waals surface area (Å²) in [6.45, 7) is 14.3. The van der Waals surface area contributed by atoms with Crippen LogP contribution in [-0.2, 0) is 4.79 Å². The van der Waals surface area contributed by atoms with Gasteiger partial charge in [-0.05, 0) is 60.1 Å². The molecule has 1 rings (SSSR count). The van der Waals surface area contributed by atoms with E-state index in [0.29, 0.717) is 0 Å². The average molecular weight is 276 g/mol. The number of amides is 1. The summed E-state index contributed by atoms with van der Waals surface area (Å²) in [5.74, 6) is 0.148. The van der Waals surface area contributed by atoms with Crippen molar-refractivity contribution in [3.63, 3.8) is 0 Å². The first-order valence-electron chi connectivity index (χ1n) is 7.40. The van der Waals surface area contributed by atoms with Crippen LogP contribution in [0.3, 0.4) is 0 Å². The van der Waals surface area contributed by atoms with Crippen LogP contribution in [0.2, 0.25) is 0 Å². The van der Waals surface area contributed by atoms with Crippen molar-refractivity contribution in [2.24, 2.45) is 0 Å². The molecule has 0 heterocycles. The minimum atomic E-state index is -0.221. The maximum absolute atomic E-state index is 12.6. The number of nitrogens with zero attached hydrogens (tertiary/aromatic N) is 1. The fourth-order valence-electron chi connectivity index (χ4n) is 2.60. The minimum Gasteiger partial charge on any atom is -0.374 e. The predicted molar refractivity (Wildman–Crippen MR) is 86.1 cm³/mol. The lowest BCUT2D eigenvalue weighted by Gasteiger charge is -2.33. The lowest BCUT2D eigenvalue weighted by Crippen LogP contribution is -2.48. The summed E-state index contributed by atoms with van der Waals surface area (Å²) in [6.07, 6.45) is 0. The molecule has 1 atom stereocenters. The number of hydrogen-bond donors (Lipinski definition) is 1. The summed E-state index contributed by atoms with van der Waals surface area (Å²) in [5.41, 5.74) is 3.44. The number of anilines is 1. The third-order valence-corrected chi connectivity index (χ3v) is 3.49. The molecule has 0 aromatic heterocycles. The summed E-state index contributed by atoms with van der Waals surface area (Å²) in [6, 6.07) is 6.44. The van der Waals surface area contributed by atoms with E-state index in [1.54, 1.807) is 0 Å². The van der Waals surface area contributed by atoms with Gasteiger partial charge in [-0.25, -0.2) is 0 Å². The Morgan fingerprint density at radius 2 is 1.60 bits per heavy atom. The second-order valence-electron chi connectivity index (χ2n) is 6.12. The van der Waals surface area contributed by atoms with Gasteiger partial charge in [0.1, 0.15) is 6.04 Å². The molecular formula is C17H28N2O. The number of carbonyl (C=O) groups is 1. The fraction of sp³-hybridized carbons (Fsp3) is 0.588. The number of hydrogen-bond acceptors (Lipinski definition) is 2. The molecule has 0 saturated carbocycles. The first-order valence-corrected chi connectivity index (χ1v) is 7.40. The Balaban J connectivity index is 2.84. The molecule has 0 fully saturated rings. The number of nitrogens with one attached hydrogen (secondary N) is 1. The van der Waals surface area contributed by atoms with E-state index in [1.807, 2.05) is 17.9 Å². The van der Waals surface area contributed by atoms with Gasteiger partial charge in [0.25, 0.3) is 0 Å². The molecule has 0 spiro atoms. The summed E-state index contributed by atoms with van der Waals surface area (Å²) < 4.78 is 0. The van der Waals surface area contributed by atoms with E-state index in [-0.39, 0.29) is 24.0 Å². The van der Waals surface area contributed by atoms with Gasteiger partial charge in [0, 0.05) is 17.8 Å². The molecule has 0 bridgehead atoms. The zero-order chi connectivity index (χ0) is 15.4. The zero-order valence-corrected chi connectivity index (χ0v) is 13.8. The standard InChI is InChI=1S/C17H28N2O/c1-11(2)19(12(3)4)17(20)15(7)18-16-9-8-13(5)10-14(16)6/h8-12,15,18H,1-7H3. The molecular weight excluding hydrogens is 248 g/mol. The largest absolute Gasteiger partial charge is 0.374 e. The van der Waals surface area contributed by atoms with Gasteiger partial charge in [0.05, 0.1) is 0 Å². The van der Waals surface area contributed by atoms with Gasteiger partial charge >= 0.3 is 0 Å². The van der Waals surface area contributed by atoms with E-state index in [1.165, 1.54) is 11.1 Å². The van der Waals surface area contributed by atoms with Crippen molar-refractivity contribution < 1.29 is 4.79 Å². The lowest BCUT2D eigenvalue weighted by atomic mass is 10.1. The molecule has 20 heavy (non-hydrogen) atoms. The highest BCUT2D eigenvalue weighted by atomic mass is 16.2. The van der Waals surface area contributed by atoms with Crippen molar-refractivity contribution >= 4 is 11.6 Å². The third-order valence-electron chi connectivity index (χ3n) is 3.49. The second-order valence-corrected chi connectivity index (χ2v) is 6.12.